The van der Waals surface area contributed by atoms with Crippen LogP contribution in [0.3, 0.4) is 0 Å². The number of likely N-dealkylation sites (N-methyl/N-ethyl adjacent to an activating group) is 1. The minimum Gasteiger partial charge on any atom is -0.383 e. The fourth-order valence-electron chi connectivity index (χ4n) is 2.06. The first kappa shape index (κ1) is 15.9. The summed E-state index contributed by atoms with van der Waals surface area (Å²) >= 11 is 0. The number of aromatic nitrogens is 1. The third-order valence-corrected chi connectivity index (χ3v) is 3.06. The summed E-state index contributed by atoms with van der Waals surface area (Å²) in [5, 5.41) is 3.39. The molecule has 1 aromatic heterocycles. The molecule has 1 aromatic rings. The molecule has 0 aromatic carbocycles. The molecule has 0 fully saturated rings. The number of ether oxygens (including phenoxy) is 1. The van der Waals surface area contributed by atoms with Crippen molar-refractivity contribution >= 4 is 5.82 Å². The molecule has 0 spiro atoms. The molecule has 1 unspecified atom stereocenters. The molecule has 1 N–H and O–H groups in total. The second kappa shape index (κ2) is 8.12. The quantitative estimate of drug-likeness (QED) is 0.783. The summed E-state index contributed by atoms with van der Waals surface area (Å²) in [4.78, 5) is 6.99. The van der Waals surface area contributed by atoms with E-state index in [4.69, 9.17) is 9.72 Å². The molecule has 0 saturated heterocycles. The van der Waals surface area contributed by atoms with E-state index in [0.717, 1.165) is 24.6 Å². The Hall–Kier alpha value is -1.13. The molecule has 4 nitrogen and oxygen atoms in total. The lowest BCUT2D eigenvalue weighted by molar-refractivity contribution is 0.181. The van der Waals surface area contributed by atoms with Crippen molar-refractivity contribution in [3.8, 4) is 0 Å². The second-order valence-corrected chi connectivity index (χ2v) is 5.11. The van der Waals surface area contributed by atoms with Crippen molar-refractivity contribution in [1.82, 2.24) is 10.3 Å². The van der Waals surface area contributed by atoms with E-state index in [9.17, 15) is 0 Å². The monoisotopic (exact) mass is 265 g/mol. The number of hydrogen-bond donors (Lipinski definition) is 1. The number of hydrogen-bond acceptors (Lipinski definition) is 4. The van der Waals surface area contributed by atoms with Crippen molar-refractivity contribution in [3.05, 3.63) is 23.9 Å². The third-order valence-electron chi connectivity index (χ3n) is 3.06. The van der Waals surface area contributed by atoms with E-state index in [2.05, 4.69) is 56.1 Å². The summed E-state index contributed by atoms with van der Waals surface area (Å²) < 4.78 is 5.24. The Labute approximate surface area is 117 Å². The highest BCUT2D eigenvalue weighted by Crippen LogP contribution is 2.14. The van der Waals surface area contributed by atoms with Crippen LogP contribution in [-0.4, -0.2) is 37.3 Å². The van der Waals surface area contributed by atoms with Gasteiger partial charge in [0.05, 0.1) is 18.3 Å². The lowest BCUT2D eigenvalue weighted by Crippen LogP contribution is -2.37. The molecule has 1 rings (SSSR count). The maximum absolute atomic E-state index is 5.24. The van der Waals surface area contributed by atoms with Gasteiger partial charge in [0.2, 0.25) is 0 Å². The van der Waals surface area contributed by atoms with Gasteiger partial charge >= 0.3 is 0 Å². The summed E-state index contributed by atoms with van der Waals surface area (Å²) in [6.45, 7) is 11.0. The topological polar surface area (TPSA) is 37.4 Å². The summed E-state index contributed by atoms with van der Waals surface area (Å²) in [5.41, 5.74) is 1.08. The van der Waals surface area contributed by atoms with E-state index in [1.165, 1.54) is 0 Å². The van der Waals surface area contributed by atoms with Crippen LogP contribution in [0.1, 0.15) is 33.4 Å². The van der Waals surface area contributed by atoms with Gasteiger partial charge in [0.25, 0.3) is 0 Å². The molecular weight excluding hydrogens is 238 g/mol. The molecule has 0 saturated carbocycles. The van der Waals surface area contributed by atoms with E-state index in [1.807, 2.05) is 0 Å². The van der Waals surface area contributed by atoms with Crippen LogP contribution in [-0.2, 0) is 11.3 Å². The lowest BCUT2D eigenvalue weighted by atomic mass is 10.2. The Morgan fingerprint density at radius 3 is 2.63 bits per heavy atom. The highest BCUT2D eigenvalue weighted by molar-refractivity contribution is 5.40. The van der Waals surface area contributed by atoms with E-state index in [0.29, 0.717) is 18.7 Å². The Morgan fingerprint density at radius 2 is 2.05 bits per heavy atom. The first-order chi connectivity index (χ1) is 9.08. The molecular formula is C15H27N3O. The maximum Gasteiger partial charge on any atom is 0.129 e. The van der Waals surface area contributed by atoms with Crippen LogP contribution in [0.5, 0.6) is 0 Å². The van der Waals surface area contributed by atoms with Gasteiger partial charge in [0, 0.05) is 26.2 Å². The fraction of sp³-hybridized carbons (Fsp3) is 0.667. The van der Waals surface area contributed by atoms with Crippen LogP contribution >= 0.6 is 0 Å². The molecule has 0 bridgehead atoms. The maximum atomic E-state index is 5.24. The zero-order valence-electron chi connectivity index (χ0n) is 12.8. The number of anilines is 1. The lowest BCUT2D eigenvalue weighted by Gasteiger charge is -2.29. The van der Waals surface area contributed by atoms with Crippen molar-refractivity contribution in [2.75, 3.05) is 25.2 Å². The molecule has 1 atom stereocenters. The van der Waals surface area contributed by atoms with Crippen LogP contribution in [0.2, 0.25) is 0 Å². The number of methoxy groups -OCH3 is 1. The minimum atomic E-state index is 0.329. The van der Waals surface area contributed by atoms with Gasteiger partial charge in [-0.2, -0.15) is 0 Å². The molecule has 0 amide bonds. The normalized spacial score (nSPS) is 12.7. The average molecular weight is 265 g/mol. The standard InChI is InChI=1S/C15H27N3O/c1-6-18(13(4)11-19-5)15-9-7-8-14(17-15)10-16-12(2)3/h7-9,12-13,16H,6,10-11H2,1-5H3. The zero-order valence-corrected chi connectivity index (χ0v) is 12.8. The highest BCUT2D eigenvalue weighted by Gasteiger charge is 2.14. The van der Waals surface area contributed by atoms with Crippen LogP contribution in [0.25, 0.3) is 0 Å². The van der Waals surface area contributed by atoms with E-state index < -0.39 is 0 Å². The number of nitrogens with one attached hydrogen (secondary N) is 1. The highest BCUT2D eigenvalue weighted by atomic mass is 16.5. The largest absolute Gasteiger partial charge is 0.383 e. The van der Waals surface area contributed by atoms with Crippen molar-refractivity contribution < 1.29 is 4.74 Å². The summed E-state index contributed by atoms with van der Waals surface area (Å²) in [6, 6.07) is 7.00. The van der Waals surface area contributed by atoms with Gasteiger partial charge in [-0.25, -0.2) is 4.98 Å². The first-order valence-corrected chi connectivity index (χ1v) is 7.03. The van der Waals surface area contributed by atoms with Gasteiger partial charge < -0.3 is 15.0 Å². The third kappa shape index (κ3) is 5.17. The van der Waals surface area contributed by atoms with Crippen LogP contribution in [0.15, 0.2) is 18.2 Å². The predicted molar refractivity (Wildman–Crippen MR) is 80.6 cm³/mol. The van der Waals surface area contributed by atoms with Crippen molar-refractivity contribution in [1.29, 1.82) is 0 Å². The SMILES string of the molecule is CCN(c1cccc(CNC(C)C)n1)C(C)COC. The molecule has 0 aliphatic rings. The van der Waals surface area contributed by atoms with Crippen LogP contribution in [0.4, 0.5) is 5.82 Å². The molecule has 108 valence electrons. The van der Waals surface area contributed by atoms with E-state index >= 15 is 0 Å². The predicted octanol–water partition coefficient (Wildman–Crippen LogP) is 2.44. The zero-order chi connectivity index (χ0) is 14.3. The molecule has 19 heavy (non-hydrogen) atoms. The summed E-state index contributed by atoms with van der Waals surface area (Å²) in [6.07, 6.45) is 0. The van der Waals surface area contributed by atoms with E-state index in [-0.39, 0.29) is 0 Å². The number of rotatable bonds is 8. The molecule has 0 aliphatic carbocycles. The minimum absolute atomic E-state index is 0.329. The smallest absolute Gasteiger partial charge is 0.129 e. The molecule has 0 aliphatic heterocycles. The van der Waals surface area contributed by atoms with Gasteiger partial charge in [-0.15, -0.1) is 0 Å². The Kier molecular flexibility index (Phi) is 6.81. The van der Waals surface area contributed by atoms with Crippen LogP contribution in [0, 0.1) is 0 Å². The molecule has 1 heterocycles. The number of pyridine rings is 1. The molecule has 4 heteroatoms. The fourth-order valence-corrected chi connectivity index (χ4v) is 2.06. The number of nitrogens with zero attached hydrogens (tertiary/aromatic N) is 2. The summed E-state index contributed by atoms with van der Waals surface area (Å²) in [5.74, 6) is 1.02. The van der Waals surface area contributed by atoms with Crippen LogP contribution < -0.4 is 10.2 Å². The molecule has 0 radical (unpaired) electrons. The Morgan fingerprint density at radius 1 is 1.32 bits per heavy atom. The first-order valence-electron chi connectivity index (χ1n) is 7.03. The summed E-state index contributed by atoms with van der Waals surface area (Å²) in [7, 11) is 1.74. The Bertz CT molecular complexity index is 368. The van der Waals surface area contributed by atoms with Crippen molar-refractivity contribution in [2.24, 2.45) is 0 Å². The second-order valence-electron chi connectivity index (χ2n) is 5.11. The van der Waals surface area contributed by atoms with Gasteiger partial charge in [0.1, 0.15) is 5.82 Å². The average Bonchev–Trinajstić information content (AvgIpc) is 2.38. The van der Waals surface area contributed by atoms with Crippen molar-refractivity contribution in [3.63, 3.8) is 0 Å². The van der Waals surface area contributed by atoms with Crippen molar-refractivity contribution in [2.45, 2.75) is 46.3 Å². The van der Waals surface area contributed by atoms with Gasteiger partial charge in [-0.1, -0.05) is 19.9 Å². The van der Waals surface area contributed by atoms with Gasteiger partial charge in [0.15, 0.2) is 0 Å². The van der Waals surface area contributed by atoms with E-state index in [1.54, 1.807) is 7.11 Å². The Balaban J connectivity index is 2.77. The van der Waals surface area contributed by atoms with Gasteiger partial charge in [-0.05, 0) is 26.0 Å². The van der Waals surface area contributed by atoms with Gasteiger partial charge in [-0.3, -0.25) is 0 Å².